The topological polar surface area (TPSA) is 79.4 Å². The van der Waals surface area contributed by atoms with Crippen LogP contribution in [0, 0.1) is 6.92 Å². The van der Waals surface area contributed by atoms with Crippen LogP contribution in [0.3, 0.4) is 0 Å². The first-order chi connectivity index (χ1) is 11.3. The summed E-state index contributed by atoms with van der Waals surface area (Å²) in [5, 5.41) is 5.48. The minimum absolute atomic E-state index is 0.127. The molecule has 0 saturated carbocycles. The first-order valence-corrected chi connectivity index (χ1v) is 9.51. The Hall–Kier alpha value is -2.03. The standard InChI is InChI=1S/C16H19N3O3S2/c1-12-18-14(11-23-12)8-9-16(20)17-10-13-6-4-5-7-15(13)24(21,22)19(2)3/h4-9,11H,10H2,1-3H3,(H,17,20). The summed E-state index contributed by atoms with van der Waals surface area (Å²) >= 11 is 1.51. The van der Waals surface area contributed by atoms with Crippen LogP contribution in [0.4, 0.5) is 0 Å². The summed E-state index contributed by atoms with van der Waals surface area (Å²) in [6, 6.07) is 6.62. The Morgan fingerprint density at radius 3 is 2.67 bits per heavy atom. The monoisotopic (exact) mass is 365 g/mol. The summed E-state index contributed by atoms with van der Waals surface area (Å²) in [5.74, 6) is -0.308. The van der Waals surface area contributed by atoms with Crippen LogP contribution in [0.25, 0.3) is 6.08 Å². The number of nitrogens with one attached hydrogen (secondary N) is 1. The molecule has 0 aliphatic carbocycles. The number of aromatic nitrogens is 1. The number of carbonyl (C=O) groups is 1. The molecule has 1 aromatic heterocycles. The molecule has 0 aliphatic heterocycles. The van der Waals surface area contributed by atoms with Gasteiger partial charge in [-0.15, -0.1) is 11.3 Å². The zero-order chi connectivity index (χ0) is 17.7. The zero-order valence-electron chi connectivity index (χ0n) is 13.7. The summed E-state index contributed by atoms with van der Waals surface area (Å²) in [7, 11) is -0.602. The van der Waals surface area contributed by atoms with E-state index in [9.17, 15) is 13.2 Å². The van der Waals surface area contributed by atoms with E-state index in [1.165, 1.54) is 37.6 Å². The maximum Gasteiger partial charge on any atom is 0.244 e. The van der Waals surface area contributed by atoms with E-state index < -0.39 is 10.0 Å². The van der Waals surface area contributed by atoms with E-state index in [2.05, 4.69) is 10.3 Å². The van der Waals surface area contributed by atoms with E-state index >= 15 is 0 Å². The van der Waals surface area contributed by atoms with Crippen LogP contribution >= 0.6 is 11.3 Å². The van der Waals surface area contributed by atoms with Crippen LogP contribution in [0.15, 0.2) is 40.6 Å². The van der Waals surface area contributed by atoms with Crippen molar-refractivity contribution in [2.24, 2.45) is 0 Å². The van der Waals surface area contributed by atoms with Crippen LogP contribution in [-0.4, -0.2) is 37.7 Å². The Bertz CT molecular complexity index is 855. The van der Waals surface area contributed by atoms with Crippen LogP contribution < -0.4 is 5.32 Å². The summed E-state index contributed by atoms with van der Waals surface area (Å²) in [5.41, 5.74) is 1.26. The molecule has 0 saturated heterocycles. The van der Waals surface area contributed by atoms with Crippen molar-refractivity contribution in [2.45, 2.75) is 18.4 Å². The van der Waals surface area contributed by atoms with Gasteiger partial charge in [0.2, 0.25) is 15.9 Å². The molecule has 0 spiro atoms. The van der Waals surface area contributed by atoms with E-state index in [0.29, 0.717) is 5.56 Å². The number of nitrogens with zero attached hydrogens (tertiary/aromatic N) is 2. The van der Waals surface area contributed by atoms with Gasteiger partial charge in [0.05, 0.1) is 15.6 Å². The molecule has 8 heteroatoms. The summed E-state index contributed by atoms with van der Waals surface area (Å²) in [4.78, 5) is 16.3. The highest BCUT2D eigenvalue weighted by molar-refractivity contribution is 7.89. The lowest BCUT2D eigenvalue weighted by molar-refractivity contribution is -0.116. The van der Waals surface area contributed by atoms with Crippen molar-refractivity contribution in [3.63, 3.8) is 0 Å². The molecule has 0 atom stereocenters. The van der Waals surface area contributed by atoms with Gasteiger partial charge in [-0.05, 0) is 24.6 Å². The molecule has 0 radical (unpaired) electrons. The van der Waals surface area contributed by atoms with Crippen molar-refractivity contribution >= 4 is 33.3 Å². The molecule has 1 amide bonds. The van der Waals surface area contributed by atoms with Crippen LogP contribution in [0.2, 0.25) is 0 Å². The predicted octanol–water partition coefficient (Wildman–Crippen LogP) is 2.03. The highest BCUT2D eigenvalue weighted by Gasteiger charge is 2.20. The van der Waals surface area contributed by atoms with Crippen LogP contribution in [0.1, 0.15) is 16.3 Å². The smallest absolute Gasteiger partial charge is 0.244 e. The third-order valence-electron chi connectivity index (χ3n) is 3.23. The van der Waals surface area contributed by atoms with Gasteiger partial charge < -0.3 is 5.32 Å². The molecular formula is C16H19N3O3S2. The van der Waals surface area contributed by atoms with Gasteiger partial charge in [0.1, 0.15) is 0 Å². The number of carbonyl (C=O) groups excluding carboxylic acids is 1. The molecule has 1 N–H and O–H groups in total. The van der Waals surface area contributed by atoms with Crippen molar-refractivity contribution in [2.75, 3.05) is 14.1 Å². The molecule has 0 bridgehead atoms. The van der Waals surface area contributed by atoms with Crippen molar-refractivity contribution in [1.29, 1.82) is 0 Å². The summed E-state index contributed by atoms with van der Waals surface area (Å²) < 4.78 is 25.8. The van der Waals surface area contributed by atoms with Gasteiger partial charge in [0.25, 0.3) is 0 Å². The Balaban J connectivity index is 2.07. The van der Waals surface area contributed by atoms with E-state index in [-0.39, 0.29) is 17.3 Å². The fourth-order valence-corrected chi connectivity index (χ4v) is 3.65. The molecule has 1 aromatic carbocycles. The largest absolute Gasteiger partial charge is 0.348 e. The quantitative estimate of drug-likeness (QED) is 0.795. The number of hydrogen-bond donors (Lipinski definition) is 1. The Morgan fingerprint density at radius 1 is 1.33 bits per heavy atom. The SMILES string of the molecule is Cc1nc(C=CC(=O)NCc2ccccc2S(=O)(=O)N(C)C)cs1. The average molecular weight is 365 g/mol. The lowest BCUT2D eigenvalue weighted by Crippen LogP contribution is -2.26. The zero-order valence-corrected chi connectivity index (χ0v) is 15.3. The number of hydrogen-bond acceptors (Lipinski definition) is 5. The minimum atomic E-state index is -3.55. The van der Waals surface area contributed by atoms with Gasteiger partial charge >= 0.3 is 0 Å². The van der Waals surface area contributed by atoms with Crippen molar-refractivity contribution in [1.82, 2.24) is 14.6 Å². The van der Waals surface area contributed by atoms with E-state index in [4.69, 9.17) is 0 Å². The van der Waals surface area contributed by atoms with Gasteiger partial charge in [-0.25, -0.2) is 17.7 Å². The van der Waals surface area contributed by atoms with Gasteiger partial charge in [-0.1, -0.05) is 18.2 Å². The Morgan fingerprint density at radius 2 is 2.04 bits per heavy atom. The van der Waals surface area contributed by atoms with E-state index in [0.717, 1.165) is 15.0 Å². The molecule has 6 nitrogen and oxygen atoms in total. The lowest BCUT2D eigenvalue weighted by Gasteiger charge is -2.15. The normalized spacial score (nSPS) is 12.0. The van der Waals surface area contributed by atoms with Gasteiger partial charge in [-0.2, -0.15) is 0 Å². The van der Waals surface area contributed by atoms with Crippen molar-refractivity contribution < 1.29 is 13.2 Å². The number of aryl methyl sites for hydroxylation is 1. The van der Waals surface area contributed by atoms with Crippen molar-refractivity contribution in [3.8, 4) is 0 Å². The molecule has 1 heterocycles. The highest BCUT2D eigenvalue weighted by Crippen LogP contribution is 2.18. The van der Waals surface area contributed by atoms with Gasteiger partial charge in [-0.3, -0.25) is 4.79 Å². The second-order valence-corrected chi connectivity index (χ2v) is 8.42. The Kier molecular flexibility index (Phi) is 5.87. The van der Waals surface area contributed by atoms with Gasteiger partial charge in [0, 0.05) is 32.1 Å². The predicted molar refractivity (Wildman–Crippen MR) is 95.0 cm³/mol. The first kappa shape index (κ1) is 18.3. The third-order valence-corrected chi connectivity index (χ3v) is 5.93. The molecular weight excluding hydrogens is 346 g/mol. The number of benzene rings is 1. The fourth-order valence-electron chi connectivity index (χ4n) is 1.96. The van der Waals surface area contributed by atoms with E-state index in [1.54, 1.807) is 24.3 Å². The molecule has 24 heavy (non-hydrogen) atoms. The average Bonchev–Trinajstić information content (AvgIpc) is 2.96. The maximum atomic E-state index is 12.3. The molecule has 0 aliphatic rings. The van der Waals surface area contributed by atoms with E-state index in [1.807, 2.05) is 12.3 Å². The first-order valence-electron chi connectivity index (χ1n) is 7.19. The maximum absolute atomic E-state index is 12.3. The molecule has 0 fully saturated rings. The number of sulfonamides is 1. The number of amides is 1. The molecule has 128 valence electrons. The second-order valence-electron chi connectivity index (χ2n) is 5.24. The number of rotatable bonds is 6. The van der Waals surface area contributed by atoms with Crippen LogP contribution in [-0.2, 0) is 21.4 Å². The highest BCUT2D eigenvalue weighted by atomic mass is 32.2. The molecule has 2 rings (SSSR count). The third kappa shape index (κ3) is 4.50. The second kappa shape index (κ2) is 7.69. The molecule has 2 aromatic rings. The van der Waals surface area contributed by atoms with Gasteiger partial charge in [0.15, 0.2) is 0 Å². The lowest BCUT2D eigenvalue weighted by atomic mass is 10.2. The summed E-state index contributed by atoms with van der Waals surface area (Å²) in [6.45, 7) is 2.02. The van der Waals surface area contributed by atoms with Crippen LogP contribution in [0.5, 0.6) is 0 Å². The fraction of sp³-hybridized carbons (Fsp3) is 0.250. The Labute approximate surface area is 145 Å². The number of thiazole rings is 1. The summed E-state index contributed by atoms with van der Waals surface area (Å²) in [6.07, 6.45) is 3.01. The molecule has 0 unspecified atom stereocenters. The van der Waals surface area contributed by atoms with Crippen molar-refractivity contribution in [3.05, 3.63) is 52.0 Å². The minimum Gasteiger partial charge on any atom is -0.348 e.